The Labute approximate surface area is 106 Å². The molecule has 0 fully saturated rings. The molecule has 0 saturated carbocycles. The highest BCUT2D eigenvalue weighted by Gasteiger charge is 2.24. The van der Waals surface area contributed by atoms with E-state index in [1.54, 1.807) is 31.2 Å². The molecule has 0 aliphatic heterocycles. The number of aliphatic hydroxyl groups excluding tert-OH is 2. The Morgan fingerprint density at radius 3 is 2.61 bits per heavy atom. The Balaban J connectivity index is 3.06. The quantitative estimate of drug-likeness (QED) is 0.586. The summed E-state index contributed by atoms with van der Waals surface area (Å²) in [5, 5.41) is 18.8. The molecular weight excluding hydrogens is 236 g/mol. The first-order chi connectivity index (χ1) is 8.60. The van der Waals surface area contributed by atoms with Crippen LogP contribution in [0.25, 0.3) is 0 Å². The highest BCUT2D eigenvalue weighted by molar-refractivity contribution is 5.69. The minimum atomic E-state index is -1.07. The molecule has 0 radical (unpaired) electrons. The molecule has 100 valence electrons. The van der Waals surface area contributed by atoms with Crippen molar-refractivity contribution in [2.45, 2.75) is 26.1 Å². The van der Waals surface area contributed by atoms with Crippen molar-refractivity contribution in [2.24, 2.45) is 0 Å². The highest BCUT2D eigenvalue weighted by Crippen LogP contribution is 2.30. The molecule has 0 aliphatic carbocycles. The molecule has 0 bridgehead atoms. The van der Waals surface area contributed by atoms with Gasteiger partial charge >= 0.3 is 5.97 Å². The molecule has 1 unspecified atom stereocenters. The Bertz CT molecular complexity index is 391. The van der Waals surface area contributed by atoms with Crippen molar-refractivity contribution in [1.29, 1.82) is 0 Å². The molecule has 5 nitrogen and oxygen atoms in total. The highest BCUT2D eigenvalue weighted by atomic mass is 16.5. The van der Waals surface area contributed by atoms with E-state index in [4.69, 9.17) is 14.6 Å². The van der Waals surface area contributed by atoms with Gasteiger partial charge in [-0.15, -0.1) is 0 Å². The van der Waals surface area contributed by atoms with Gasteiger partial charge in [-0.05, 0) is 13.0 Å². The van der Waals surface area contributed by atoms with E-state index in [2.05, 4.69) is 0 Å². The summed E-state index contributed by atoms with van der Waals surface area (Å²) in [5.74, 6) is -0.118. The molecule has 0 saturated heterocycles. The summed E-state index contributed by atoms with van der Waals surface area (Å²) in [7, 11) is 0. The summed E-state index contributed by atoms with van der Waals surface area (Å²) in [6, 6.07) is 6.78. The van der Waals surface area contributed by atoms with Crippen LogP contribution >= 0.6 is 0 Å². The van der Waals surface area contributed by atoms with Gasteiger partial charge in [0, 0.05) is 19.1 Å². The van der Waals surface area contributed by atoms with Crippen LogP contribution in [0, 0.1) is 0 Å². The standard InChI is InChI=1S/C13H18O5/c1-3-17-13(11(16)8-14)10-6-4-5-7-12(10)18-9(2)15/h4-7,11,13-14,16H,3,8H2,1-2H3/t11?,13-/m1/s1. The maximum atomic E-state index is 11.0. The molecule has 5 heteroatoms. The van der Waals surface area contributed by atoms with Crippen LogP contribution in [0.2, 0.25) is 0 Å². The fourth-order valence-corrected chi connectivity index (χ4v) is 1.65. The van der Waals surface area contributed by atoms with Crippen molar-refractivity contribution in [2.75, 3.05) is 13.2 Å². The molecule has 18 heavy (non-hydrogen) atoms. The van der Waals surface area contributed by atoms with Crippen molar-refractivity contribution >= 4 is 5.97 Å². The van der Waals surface area contributed by atoms with Crippen LogP contribution in [0.4, 0.5) is 0 Å². The van der Waals surface area contributed by atoms with Crippen molar-refractivity contribution in [3.05, 3.63) is 29.8 Å². The smallest absolute Gasteiger partial charge is 0.308 e. The van der Waals surface area contributed by atoms with Crippen molar-refractivity contribution in [1.82, 2.24) is 0 Å². The number of ether oxygens (including phenoxy) is 2. The zero-order chi connectivity index (χ0) is 13.5. The van der Waals surface area contributed by atoms with Gasteiger partial charge in [-0.1, -0.05) is 18.2 Å². The second-order valence-electron chi connectivity index (χ2n) is 3.76. The van der Waals surface area contributed by atoms with E-state index in [1.807, 2.05) is 0 Å². The SMILES string of the molecule is CCO[C@H](c1ccccc1OC(C)=O)C(O)CO. The number of benzene rings is 1. The number of rotatable bonds is 6. The van der Waals surface area contributed by atoms with Gasteiger partial charge in [0.05, 0.1) is 6.61 Å². The Morgan fingerprint density at radius 2 is 2.06 bits per heavy atom. The molecule has 1 aromatic rings. The summed E-state index contributed by atoms with van der Waals surface area (Å²) in [5.41, 5.74) is 0.538. The maximum absolute atomic E-state index is 11.0. The summed E-state index contributed by atoms with van der Waals surface area (Å²) < 4.78 is 10.5. The minimum absolute atomic E-state index is 0.330. The first kappa shape index (κ1) is 14.6. The van der Waals surface area contributed by atoms with Crippen LogP contribution in [0.3, 0.4) is 0 Å². The lowest BCUT2D eigenvalue weighted by atomic mass is 10.0. The van der Waals surface area contributed by atoms with E-state index in [0.717, 1.165) is 0 Å². The molecule has 1 rings (SSSR count). The lowest BCUT2D eigenvalue weighted by molar-refractivity contribution is -0.132. The van der Waals surface area contributed by atoms with Crippen molar-refractivity contribution in [3.8, 4) is 5.75 Å². The van der Waals surface area contributed by atoms with E-state index in [-0.39, 0.29) is 0 Å². The normalized spacial score (nSPS) is 14.0. The van der Waals surface area contributed by atoms with E-state index < -0.39 is 24.8 Å². The zero-order valence-corrected chi connectivity index (χ0v) is 10.5. The molecule has 0 spiro atoms. The van der Waals surface area contributed by atoms with Crippen LogP contribution in [-0.2, 0) is 9.53 Å². The van der Waals surface area contributed by atoms with Crippen LogP contribution in [0.1, 0.15) is 25.5 Å². The number of carbonyl (C=O) groups excluding carboxylic acids is 1. The van der Waals surface area contributed by atoms with Gasteiger partial charge in [-0.2, -0.15) is 0 Å². The second-order valence-corrected chi connectivity index (χ2v) is 3.76. The summed E-state index contributed by atoms with van der Waals surface area (Å²) >= 11 is 0. The van der Waals surface area contributed by atoms with Gasteiger partial charge in [0.1, 0.15) is 18.0 Å². The fraction of sp³-hybridized carbons (Fsp3) is 0.462. The molecule has 2 atom stereocenters. The third kappa shape index (κ3) is 3.80. The number of hydrogen-bond donors (Lipinski definition) is 2. The first-order valence-electron chi connectivity index (χ1n) is 5.78. The largest absolute Gasteiger partial charge is 0.426 e. The minimum Gasteiger partial charge on any atom is -0.426 e. The van der Waals surface area contributed by atoms with Gasteiger partial charge in [0.15, 0.2) is 0 Å². The summed E-state index contributed by atoms with van der Waals surface area (Å²) in [6.45, 7) is 3.02. The molecule has 0 aliphatic rings. The fourth-order valence-electron chi connectivity index (χ4n) is 1.65. The topological polar surface area (TPSA) is 76.0 Å². The molecule has 0 amide bonds. The monoisotopic (exact) mass is 254 g/mol. The Hall–Kier alpha value is -1.43. The van der Waals surface area contributed by atoms with E-state index in [0.29, 0.717) is 17.9 Å². The van der Waals surface area contributed by atoms with E-state index in [9.17, 15) is 9.90 Å². The number of para-hydroxylation sites is 1. The van der Waals surface area contributed by atoms with Crippen LogP contribution < -0.4 is 4.74 Å². The third-order valence-electron chi connectivity index (χ3n) is 2.36. The molecule has 2 N–H and O–H groups in total. The van der Waals surface area contributed by atoms with Gasteiger partial charge in [-0.25, -0.2) is 0 Å². The predicted octanol–water partition coefficient (Wildman–Crippen LogP) is 1.04. The lowest BCUT2D eigenvalue weighted by Gasteiger charge is -2.23. The average Bonchev–Trinajstić information content (AvgIpc) is 2.35. The molecular formula is C13H18O5. The van der Waals surface area contributed by atoms with Crippen LogP contribution in [0.15, 0.2) is 24.3 Å². The van der Waals surface area contributed by atoms with Gasteiger partial charge in [0.25, 0.3) is 0 Å². The molecule has 0 heterocycles. The first-order valence-corrected chi connectivity index (χ1v) is 5.78. The Morgan fingerprint density at radius 1 is 1.39 bits per heavy atom. The maximum Gasteiger partial charge on any atom is 0.308 e. The summed E-state index contributed by atoms with van der Waals surface area (Å²) in [6.07, 6.45) is -1.79. The number of hydrogen-bond acceptors (Lipinski definition) is 5. The van der Waals surface area contributed by atoms with E-state index >= 15 is 0 Å². The van der Waals surface area contributed by atoms with Gasteiger partial charge in [0.2, 0.25) is 0 Å². The van der Waals surface area contributed by atoms with Crippen molar-refractivity contribution in [3.63, 3.8) is 0 Å². The number of carbonyl (C=O) groups is 1. The van der Waals surface area contributed by atoms with Crippen LogP contribution in [0.5, 0.6) is 5.75 Å². The zero-order valence-electron chi connectivity index (χ0n) is 10.5. The third-order valence-corrected chi connectivity index (χ3v) is 2.36. The Kier molecular flexibility index (Phi) is 5.77. The van der Waals surface area contributed by atoms with E-state index in [1.165, 1.54) is 6.92 Å². The number of aliphatic hydroxyl groups is 2. The van der Waals surface area contributed by atoms with Crippen molar-refractivity contribution < 1.29 is 24.5 Å². The average molecular weight is 254 g/mol. The van der Waals surface area contributed by atoms with Crippen LogP contribution in [-0.4, -0.2) is 35.5 Å². The van der Waals surface area contributed by atoms with Gasteiger partial charge < -0.3 is 19.7 Å². The lowest BCUT2D eigenvalue weighted by Crippen LogP contribution is -2.25. The van der Waals surface area contributed by atoms with Gasteiger partial charge in [-0.3, -0.25) is 4.79 Å². The molecule has 1 aromatic carbocycles. The molecule has 0 aromatic heterocycles. The number of esters is 1. The second kappa shape index (κ2) is 7.10. The summed E-state index contributed by atoms with van der Waals surface area (Å²) in [4.78, 5) is 11.0. The predicted molar refractivity (Wildman–Crippen MR) is 65.2 cm³/mol.